The quantitative estimate of drug-likeness (QED) is 0.283. The third-order valence-electron chi connectivity index (χ3n) is 5.75. The molecule has 0 bridgehead atoms. The van der Waals surface area contributed by atoms with Gasteiger partial charge in [-0.2, -0.15) is 13.2 Å². The molecule has 0 aromatic heterocycles. The van der Waals surface area contributed by atoms with Gasteiger partial charge in [0.15, 0.2) is 0 Å². The van der Waals surface area contributed by atoms with E-state index in [1.807, 2.05) is 0 Å². The van der Waals surface area contributed by atoms with Crippen LogP contribution in [0.5, 0.6) is 0 Å². The first kappa shape index (κ1) is 23.9. The molecule has 0 atom stereocenters. The fourth-order valence-electron chi connectivity index (χ4n) is 3.90. The van der Waals surface area contributed by atoms with Crippen molar-refractivity contribution < 1.29 is 13.2 Å². The summed E-state index contributed by atoms with van der Waals surface area (Å²) in [5, 5.41) is 0. The summed E-state index contributed by atoms with van der Waals surface area (Å²) in [7, 11) is 1.67. The molecule has 2 aromatic rings. The summed E-state index contributed by atoms with van der Waals surface area (Å²) in [5.41, 5.74) is 15.0. The number of hydrogen-bond acceptors (Lipinski definition) is 3. The number of alkyl halides is 3. The maximum absolute atomic E-state index is 13.1. The molecule has 0 spiro atoms. The molecule has 1 fully saturated rings. The lowest BCUT2D eigenvalue weighted by atomic mass is 9.87. The second kappa shape index (κ2) is 11.2. The zero-order valence-electron chi connectivity index (χ0n) is 18.4. The Hall–Kier alpha value is -2.80. The number of hydrogen-bond donors (Lipinski definition) is 3. The summed E-state index contributed by atoms with van der Waals surface area (Å²) in [6.45, 7) is -0.0753. The molecular weight excluding hydrogens is 413 g/mol. The van der Waals surface area contributed by atoms with E-state index in [0.29, 0.717) is 11.8 Å². The average molecular weight is 445 g/mol. The number of halogens is 3. The number of hydrazine groups is 1. The second-order valence-corrected chi connectivity index (χ2v) is 8.16. The van der Waals surface area contributed by atoms with Gasteiger partial charge in [-0.25, -0.2) is 5.43 Å². The number of rotatable bonds is 5. The van der Waals surface area contributed by atoms with Gasteiger partial charge >= 0.3 is 6.18 Å². The Morgan fingerprint density at radius 3 is 2.25 bits per heavy atom. The summed E-state index contributed by atoms with van der Waals surface area (Å²) in [4.78, 5) is 4.28. The number of benzene rings is 2. The second-order valence-electron chi connectivity index (χ2n) is 8.16. The molecule has 2 aliphatic carbocycles. The molecule has 4 N–H and O–H groups in total. The topological polar surface area (TPSA) is 62.4 Å². The molecule has 172 valence electrons. The van der Waals surface area contributed by atoms with Crippen LogP contribution in [0.4, 0.5) is 13.2 Å². The maximum Gasteiger partial charge on any atom is 0.416 e. The number of fused-ring (bicyclic) bond motifs is 1. The predicted octanol–water partition coefficient (Wildman–Crippen LogP) is 5.34. The lowest BCUT2D eigenvalue weighted by Crippen LogP contribution is -2.34. The Bertz CT molecular complexity index is 923. The van der Waals surface area contributed by atoms with Crippen molar-refractivity contribution in [3.05, 3.63) is 82.6 Å². The van der Waals surface area contributed by atoms with Crippen molar-refractivity contribution in [2.45, 2.75) is 51.2 Å². The van der Waals surface area contributed by atoms with E-state index in [9.17, 15) is 13.2 Å². The van der Waals surface area contributed by atoms with Crippen LogP contribution in [0.25, 0.3) is 0 Å². The zero-order valence-corrected chi connectivity index (χ0v) is 18.4. The van der Waals surface area contributed by atoms with Crippen molar-refractivity contribution in [2.24, 2.45) is 16.6 Å². The fourth-order valence-corrected chi connectivity index (χ4v) is 3.90. The Morgan fingerprint density at radius 1 is 1.03 bits per heavy atom. The van der Waals surface area contributed by atoms with Gasteiger partial charge in [0.1, 0.15) is 5.84 Å². The van der Waals surface area contributed by atoms with Crippen LogP contribution in [0, 0.1) is 5.92 Å². The number of amidine groups is 1. The molecule has 0 saturated heterocycles. The molecule has 2 aromatic carbocycles. The van der Waals surface area contributed by atoms with Gasteiger partial charge in [0.05, 0.1) is 12.1 Å². The summed E-state index contributed by atoms with van der Waals surface area (Å²) in [6, 6.07) is 14.0. The molecular formula is C25H31F3N4. The Balaban J connectivity index is 0.000000343. The van der Waals surface area contributed by atoms with Crippen LogP contribution in [0.1, 0.15) is 54.4 Å². The van der Waals surface area contributed by atoms with Gasteiger partial charge in [0.25, 0.3) is 0 Å². The van der Waals surface area contributed by atoms with Gasteiger partial charge in [-0.1, -0.05) is 61.7 Å². The number of nitrogens with two attached hydrogens (primary N) is 1. The predicted molar refractivity (Wildman–Crippen MR) is 123 cm³/mol. The minimum Gasteiger partial charge on any atom is -0.402 e. The minimum absolute atomic E-state index is 0.0753. The zero-order chi connectivity index (χ0) is 23.0. The summed E-state index contributed by atoms with van der Waals surface area (Å²) in [5.74, 6) is 0.752. The van der Waals surface area contributed by atoms with E-state index in [0.717, 1.165) is 37.4 Å². The van der Waals surface area contributed by atoms with E-state index in [4.69, 9.17) is 5.73 Å². The largest absolute Gasteiger partial charge is 0.416 e. The van der Waals surface area contributed by atoms with Crippen LogP contribution >= 0.6 is 0 Å². The minimum atomic E-state index is -4.39. The lowest BCUT2D eigenvalue weighted by molar-refractivity contribution is -0.138. The number of allylic oxidation sites excluding steroid dienone is 1. The molecule has 32 heavy (non-hydrogen) atoms. The highest BCUT2D eigenvalue weighted by Crippen LogP contribution is 2.32. The molecule has 1 saturated carbocycles. The van der Waals surface area contributed by atoms with E-state index < -0.39 is 11.7 Å². The van der Waals surface area contributed by atoms with E-state index in [1.54, 1.807) is 19.2 Å². The highest BCUT2D eigenvalue weighted by atomic mass is 19.4. The Kier molecular flexibility index (Phi) is 8.33. The Morgan fingerprint density at radius 2 is 1.66 bits per heavy atom. The normalized spacial score (nSPS) is 16.6. The van der Waals surface area contributed by atoms with Crippen molar-refractivity contribution in [3.63, 3.8) is 0 Å². The molecule has 7 heteroatoms. The molecule has 4 rings (SSSR count). The van der Waals surface area contributed by atoms with Gasteiger partial charge in [0, 0.05) is 18.8 Å². The molecule has 0 aliphatic heterocycles. The van der Waals surface area contributed by atoms with Gasteiger partial charge in [-0.05, 0) is 47.9 Å². The van der Waals surface area contributed by atoms with Crippen molar-refractivity contribution >= 4 is 5.84 Å². The first-order valence-corrected chi connectivity index (χ1v) is 11.0. The van der Waals surface area contributed by atoms with Crippen molar-refractivity contribution in [3.8, 4) is 0 Å². The molecule has 4 nitrogen and oxygen atoms in total. The van der Waals surface area contributed by atoms with E-state index in [1.165, 1.54) is 36.1 Å². The maximum atomic E-state index is 13.1. The number of nitrogens with one attached hydrogen (secondary N) is 2. The third-order valence-corrected chi connectivity index (χ3v) is 5.75. The molecule has 0 radical (unpaired) electrons. The summed E-state index contributed by atoms with van der Waals surface area (Å²) < 4.78 is 39.2. The molecule has 0 heterocycles. The monoisotopic (exact) mass is 444 g/mol. The van der Waals surface area contributed by atoms with Crippen LogP contribution in [-0.4, -0.2) is 12.9 Å². The van der Waals surface area contributed by atoms with Gasteiger partial charge in [-0.3, -0.25) is 4.99 Å². The smallest absolute Gasteiger partial charge is 0.402 e. The Labute approximate surface area is 187 Å². The highest BCUT2D eigenvalue weighted by molar-refractivity contribution is 5.93. The number of nitrogens with zero attached hydrogens (tertiary/aromatic N) is 1. The van der Waals surface area contributed by atoms with Gasteiger partial charge in [-0.15, -0.1) is 0 Å². The standard InChI is InChI=1S/C18H25F3N4.C7H6/c1-23-25-17(11-16(22)13-7-3-2-4-8-13)24-12-14-9-5-6-10-15(14)18(19,20)21;1-2-4-7-5-6(7)3-1/h5-6,9-11,13,23H,2-4,7-8,12,22H2,1H3,(H,24,25);1-4H,5H2/b16-11-;. The summed E-state index contributed by atoms with van der Waals surface area (Å²) >= 11 is 0. The SMILES string of the molecule is CNNC(/C=C(\N)C1CCCCC1)=NCc1ccccc1C(F)(F)F.c1ccc2c(c1)C2. The van der Waals surface area contributed by atoms with Crippen LogP contribution in [0.3, 0.4) is 0 Å². The first-order chi connectivity index (χ1) is 15.4. The van der Waals surface area contributed by atoms with Crippen molar-refractivity contribution in [2.75, 3.05) is 7.05 Å². The molecule has 0 unspecified atom stereocenters. The fraction of sp³-hybridized carbons (Fsp3) is 0.400. The highest BCUT2D eigenvalue weighted by Gasteiger charge is 2.32. The van der Waals surface area contributed by atoms with Crippen LogP contribution in [-0.2, 0) is 19.1 Å². The first-order valence-electron chi connectivity index (χ1n) is 11.0. The van der Waals surface area contributed by atoms with Crippen molar-refractivity contribution in [1.29, 1.82) is 0 Å². The lowest BCUT2D eigenvalue weighted by Gasteiger charge is -2.22. The average Bonchev–Trinajstić information content (AvgIpc) is 3.58. The van der Waals surface area contributed by atoms with Crippen molar-refractivity contribution in [1.82, 2.24) is 10.9 Å². The van der Waals surface area contributed by atoms with E-state index >= 15 is 0 Å². The van der Waals surface area contributed by atoms with E-state index in [-0.39, 0.29) is 12.1 Å². The molecule has 0 amide bonds. The van der Waals surface area contributed by atoms with Crippen LogP contribution in [0.2, 0.25) is 0 Å². The number of aliphatic imine (C=N–C) groups is 1. The third kappa shape index (κ3) is 7.12. The van der Waals surface area contributed by atoms with Gasteiger partial charge in [0.2, 0.25) is 0 Å². The van der Waals surface area contributed by atoms with Crippen LogP contribution in [0.15, 0.2) is 65.3 Å². The molecule has 2 aliphatic rings. The van der Waals surface area contributed by atoms with Gasteiger partial charge < -0.3 is 11.2 Å². The van der Waals surface area contributed by atoms with Crippen LogP contribution < -0.4 is 16.6 Å². The van der Waals surface area contributed by atoms with E-state index in [2.05, 4.69) is 40.1 Å². The summed E-state index contributed by atoms with van der Waals surface area (Å²) in [6.07, 6.45) is 4.22.